The quantitative estimate of drug-likeness (QED) is 0.167. The Labute approximate surface area is 259 Å². The first kappa shape index (κ1) is 32.2. The number of nitrogens with zero attached hydrogens (tertiary/aromatic N) is 3. The van der Waals surface area contributed by atoms with Crippen molar-refractivity contribution in [2.45, 2.75) is 0 Å². The fraction of sp³-hybridized carbons (Fsp3) is 0.300. The van der Waals surface area contributed by atoms with Crippen LogP contribution in [-0.2, 0) is 0 Å². The molecule has 0 radical (unpaired) electrons. The Morgan fingerprint density at radius 1 is 0.311 bits per heavy atom. The van der Waals surface area contributed by atoms with Crippen LogP contribution in [0.5, 0.6) is 87.0 Å². The van der Waals surface area contributed by atoms with Crippen molar-refractivity contribution in [2.75, 3.05) is 64.0 Å². The van der Waals surface area contributed by atoms with Crippen molar-refractivity contribution in [3.63, 3.8) is 0 Å². The molecule has 3 aromatic carbocycles. The molecule has 15 nitrogen and oxygen atoms in total. The lowest BCUT2D eigenvalue weighted by molar-refractivity contribution is 0.314. The molecule has 0 spiro atoms. The molecule has 0 saturated carbocycles. The van der Waals surface area contributed by atoms with Crippen LogP contribution in [0, 0.1) is 0 Å². The van der Waals surface area contributed by atoms with Crippen LogP contribution in [0.2, 0.25) is 0 Å². The highest BCUT2D eigenvalue weighted by atomic mass is 16.6. The molecule has 0 fully saturated rings. The fourth-order valence-electron chi connectivity index (χ4n) is 4.12. The molecule has 4 aromatic rings. The first-order valence-corrected chi connectivity index (χ1v) is 13.0. The van der Waals surface area contributed by atoms with Crippen molar-refractivity contribution in [1.29, 1.82) is 0 Å². The van der Waals surface area contributed by atoms with Gasteiger partial charge >= 0.3 is 18.0 Å². The standard InChI is InChI=1S/C30H33N3O12/c1-34-19-10-16(11-20(35-2)25(19)40-7)43-28-31-29(44-17-12-21(36-3)26(41-8)22(13-17)37-4)33-30(32-28)45-18-14-23(38-5)27(42-9)24(15-18)39-6/h10-15H,1-9H3. The Hall–Kier alpha value is -5.73. The maximum atomic E-state index is 6.00. The zero-order valence-corrected chi connectivity index (χ0v) is 26.2. The lowest BCUT2D eigenvalue weighted by Crippen LogP contribution is -2.03. The third-order valence-corrected chi connectivity index (χ3v) is 6.12. The molecule has 0 aliphatic carbocycles. The Morgan fingerprint density at radius 3 is 0.667 bits per heavy atom. The minimum Gasteiger partial charge on any atom is -0.493 e. The van der Waals surface area contributed by atoms with Crippen molar-refractivity contribution >= 4 is 0 Å². The van der Waals surface area contributed by atoms with E-state index in [9.17, 15) is 0 Å². The molecule has 0 atom stereocenters. The highest BCUT2D eigenvalue weighted by Crippen LogP contribution is 2.44. The average molecular weight is 628 g/mol. The third-order valence-electron chi connectivity index (χ3n) is 6.12. The van der Waals surface area contributed by atoms with Crippen molar-refractivity contribution < 1.29 is 56.8 Å². The molecule has 0 aliphatic heterocycles. The van der Waals surface area contributed by atoms with Gasteiger partial charge in [0.15, 0.2) is 34.5 Å². The minimum atomic E-state index is -0.191. The number of hydrogen-bond donors (Lipinski definition) is 0. The van der Waals surface area contributed by atoms with Gasteiger partial charge in [-0.25, -0.2) is 0 Å². The van der Waals surface area contributed by atoms with E-state index in [1.807, 2.05) is 0 Å². The van der Waals surface area contributed by atoms with Crippen molar-refractivity contribution in [2.24, 2.45) is 0 Å². The Balaban J connectivity index is 1.80. The highest BCUT2D eigenvalue weighted by molar-refractivity contribution is 5.58. The van der Waals surface area contributed by atoms with Crippen LogP contribution in [0.4, 0.5) is 0 Å². The smallest absolute Gasteiger partial charge is 0.331 e. The average Bonchev–Trinajstić information content (AvgIpc) is 3.06. The zero-order valence-electron chi connectivity index (χ0n) is 26.2. The molecule has 1 heterocycles. The molecule has 0 aliphatic rings. The number of benzene rings is 3. The number of ether oxygens (including phenoxy) is 12. The van der Waals surface area contributed by atoms with Crippen molar-refractivity contribution in [1.82, 2.24) is 15.0 Å². The summed E-state index contributed by atoms with van der Waals surface area (Å²) >= 11 is 0. The summed E-state index contributed by atoms with van der Waals surface area (Å²) in [4.78, 5) is 13.0. The van der Waals surface area contributed by atoms with E-state index < -0.39 is 0 Å². The number of aromatic nitrogens is 3. The zero-order chi connectivity index (χ0) is 32.5. The predicted molar refractivity (Wildman–Crippen MR) is 158 cm³/mol. The first-order chi connectivity index (χ1) is 21.8. The second kappa shape index (κ2) is 14.6. The summed E-state index contributed by atoms with van der Waals surface area (Å²) in [5.41, 5.74) is 0. The van der Waals surface area contributed by atoms with E-state index >= 15 is 0 Å². The van der Waals surface area contributed by atoms with E-state index in [-0.39, 0.29) is 35.3 Å². The van der Waals surface area contributed by atoms with Crippen LogP contribution in [0.25, 0.3) is 0 Å². The summed E-state index contributed by atoms with van der Waals surface area (Å²) in [5, 5.41) is 0. The minimum absolute atomic E-state index is 0.191. The van der Waals surface area contributed by atoms with Gasteiger partial charge in [0.25, 0.3) is 0 Å². The van der Waals surface area contributed by atoms with Crippen LogP contribution in [0.3, 0.4) is 0 Å². The molecule has 4 rings (SSSR count). The molecule has 0 bridgehead atoms. The molecule has 0 amide bonds. The van der Waals surface area contributed by atoms with Gasteiger partial charge < -0.3 is 56.8 Å². The third kappa shape index (κ3) is 7.09. The van der Waals surface area contributed by atoms with E-state index in [1.54, 1.807) is 36.4 Å². The summed E-state index contributed by atoms with van der Waals surface area (Å²) in [5.74, 6) is 4.00. The van der Waals surface area contributed by atoms with Gasteiger partial charge in [0.05, 0.1) is 64.0 Å². The van der Waals surface area contributed by atoms with E-state index in [2.05, 4.69) is 15.0 Å². The second-order valence-electron chi connectivity index (χ2n) is 8.57. The summed E-state index contributed by atoms with van der Waals surface area (Å²) < 4.78 is 66.8. The first-order valence-electron chi connectivity index (χ1n) is 13.0. The number of rotatable bonds is 15. The van der Waals surface area contributed by atoms with Crippen LogP contribution < -0.4 is 56.8 Å². The van der Waals surface area contributed by atoms with Gasteiger partial charge in [0.1, 0.15) is 17.2 Å². The highest BCUT2D eigenvalue weighted by Gasteiger charge is 2.21. The monoisotopic (exact) mass is 627 g/mol. The van der Waals surface area contributed by atoms with Gasteiger partial charge in [-0.1, -0.05) is 0 Å². The van der Waals surface area contributed by atoms with Crippen LogP contribution in [0.1, 0.15) is 0 Å². The fourth-order valence-corrected chi connectivity index (χ4v) is 4.12. The summed E-state index contributed by atoms with van der Waals surface area (Å²) in [7, 11) is 13.4. The van der Waals surface area contributed by atoms with Crippen LogP contribution in [0.15, 0.2) is 36.4 Å². The predicted octanol–water partition coefficient (Wildman–Crippen LogP) is 5.33. The maximum absolute atomic E-state index is 6.00. The summed E-state index contributed by atoms with van der Waals surface area (Å²) in [6.45, 7) is 0. The molecular formula is C30H33N3O12. The van der Waals surface area contributed by atoms with E-state index in [0.29, 0.717) is 51.7 Å². The van der Waals surface area contributed by atoms with Crippen molar-refractivity contribution in [3.8, 4) is 87.0 Å². The molecule has 240 valence electrons. The van der Waals surface area contributed by atoms with Gasteiger partial charge in [-0.05, 0) is 0 Å². The normalized spacial score (nSPS) is 10.3. The summed E-state index contributed by atoms with van der Waals surface area (Å²) in [6.07, 6.45) is 0. The number of methoxy groups -OCH3 is 9. The lowest BCUT2D eigenvalue weighted by Gasteiger charge is -2.16. The Morgan fingerprint density at radius 2 is 0.511 bits per heavy atom. The topological polar surface area (TPSA) is 149 Å². The van der Waals surface area contributed by atoms with E-state index in [1.165, 1.54) is 64.0 Å². The molecule has 1 aromatic heterocycles. The van der Waals surface area contributed by atoms with E-state index in [0.717, 1.165) is 0 Å². The molecule has 0 N–H and O–H groups in total. The lowest BCUT2D eigenvalue weighted by atomic mass is 10.2. The Kier molecular flexibility index (Phi) is 10.5. The molecule has 0 saturated heterocycles. The van der Waals surface area contributed by atoms with Gasteiger partial charge in [-0.15, -0.1) is 15.0 Å². The van der Waals surface area contributed by atoms with Crippen LogP contribution in [-0.4, -0.2) is 78.9 Å². The molecule has 45 heavy (non-hydrogen) atoms. The van der Waals surface area contributed by atoms with Crippen molar-refractivity contribution in [3.05, 3.63) is 36.4 Å². The van der Waals surface area contributed by atoms with Gasteiger partial charge in [-0.3, -0.25) is 0 Å². The molecule has 0 unspecified atom stereocenters. The van der Waals surface area contributed by atoms with Gasteiger partial charge in [0, 0.05) is 36.4 Å². The van der Waals surface area contributed by atoms with Gasteiger partial charge in [-0.2, -0.15) is 0 Å². The summed E-state index contributed by atoms with van der Waals surface area (Å²) in [6, 6.07) is 8.87. The SMILES string of the molecule is COc1cc(Oc2nc(Oc3cc(OC)c(OC)c(OC)c3)nc(Oc3cc(OC)c(OC)c(OC)c3)n2)cc(OC)c1OC. The largest absolute Gasteiger partial charge is 0.493 e. The number of hydrogen-bond acceptors (Lipinski definition) is 15. The second-order valence-corrected chi connectivity index (χ2v) is 8.57. The molecular weight excluding hydrogens is 594 g/mol. The van der Waals surface area contributed by atoms with E-state index in [4.69, 9.17) is 56.8 Å². The van der Waals surface area contributed by atoms with Gasteiger partial charge in [0.2, 0.25) is 17.2 Å². The molecule has 15 heteroatoms. The maximum Gasteiger partial charge on any atom is 0.331 e. The Bertz CT molecular complexity index is 1360. The van der Waals surface area contributed by atoms with Crippen LogP contribution >= 0.6 is 0 Å².